The van der Waals surface area contributed by atoms with Gasteiger partial charge in [0.05, 0.1) is 4.90 Å². The Morgan fingerprint density at radius 3 is 2.69 bits per heavy atom. The lowest BCUT2D eigenvalue weighted by atomic mass is 10.2. The average Bonchev–Trinajstić information content (AvgIpc) is 3.04. The Kier molecular flexibility index (Phi) is 6.10. The number of nitrogens with zero attached hydrogens (tertiary/aromatic N) is 3. The molecule has 1 aromatic carbocycles. The summed E-state index contributed by atoms with van der Waals surface area (Å²) < 4.78 is 25.3. The standard InChI is InChI=1S/C16H17N5O3S2/c1-11-10-25-16(19-11)13(8-17)9-18-20-15(22)12-5-4-6-14(7-12)26(23,24)21(2)3/h4-7,9-10,18H,1-3H3,(H,20,22)/b13-9+. The molecule has 8 nitrogen and oxygen atoms in total. The number of nitrogens with one attached hydrogen (secondary N) is 2. The molecule has 0 saturated heterocycles. The Bertz CT molecular complexity index is 987. The van der Waals surface area contributed by atoms with Gasteiger partial charge in [0.1, 0.15) is 16.6 Å². The third kappa shape index (κ3) is 4.45. The lowest BCUT2D eigenvalue weighted by Gasteiger charge is -2.12. The summed E-state index contributed by atoms with van der Waals surface area (Å²) in [5.41, 5.74) is 6.18. The van der Waals surface area contributed by atoms with Crippen molar-refractivity contribution in [1.29, 1.82) is 5.26 Å². The maximum atomic E-state index is 12.2. The van der Waals surface area contributed by atoms with E-state index in [1.165, 1.54) is 55.9 Å². The largest absolute Gasteiger partial charge is 0.304 e. The highest BCUT2D eigenvalue weighted by atomic mass is 32.2. The van der Waals surface area contributed by atoms with Crippen molar-refractivity contribution in [3.63, 3.8) is 0 Å². The number of sulfonamides is 1. The van der Waals surface area contributed by atoms with Crippen LogP contribution in [-0.4, -0.2) is 37.7 Å². The fourth-order valence-corrected chi connectivity index (χ4v) is 3.59. The maximum absolute atomic E-state index is 12.2. The highest BCUT2D eigenvalue weighted by Gasteiger charge is 2.18. The summed E-state index contributed by atoms with van der Waals surface area (Å²) in [7, 11) is -0.804. The SMILES string of the molecule is Cc1csc(/C(C#N)=C/NNC(=O)c2cccc(S(=O)(=O)N(C)C)c2)n1. The van der Waals surface area contributed by atoms with E-state index < -0.39 is 15.9 Å². The normalized spacial score (nSPS) is 11.9. The Hall–Kier alpha value is -2.74. The van der Waals surface area contributed by atoms with Crippen molar-refractivity contribution in [2.75, 3.05) is 14.1 Å². The van der Waals surface area contributed by atoms with Gasteiger partial charge in [-0.25, -0.2) is 17.7 Å². The smallest absolute Gasteiger partial charge is 0.269 e. The quantitative estimate of drug-likeness (QED) is 0.570. The first-order valence-electron chi connectivity index (χ1n) is 7.37. The van der Waals surface area contributed by atoms with Gasteiger partial charge >= 0.3 is 0 Å². The molecule has 0 atom stereocenters. The van der Waals surface area contributed by atoms with Gasteiger partial charge in [0.25, 0.3) is 5.91 Å². The minimum atomic E-state index is -3.63. The lowest BCUT2D eigenvalue weighted by molar-refractivity contribution is 0.0941. The molecule has 10 heteroatoms. The summed E-state index contributed by atoms with van der Waals surface area (Å²) in [6.07, 6.45) is 1.33. The molecule has 1 heterocycles. The number of hydrogen-bond donors (Lipinski definition) is 2. The van der Waals surface area contributed by atoms with Crippen molar-refractivity contribution in [2.45, 2.75) is 11.8 Å². The topological polar surface area (TPSA) is 115 Å². The van der Waals surface area contributed by atoms with Gasteiger partial charge in [0.2, 0.25) is 10.0 Å². The van der Waals surface area contributed by atoms with Crippen LogP contribution in [0, 0.1) is 18.3 Å². The highest BCUT2D eigenvalue weighted by molar-refractivity contribution is 7.89. The number of rotatable bonds is 6. The monoisotopic (exact) mass is 391 g/mol. The maximum Gasteiger partial charge on any atom is 0.269 e. The van der Waals surface area contributed by atoms with Crippen LogP contribution in [0.2, 0.25) is 0 Å². The van der Waals surface area contributed by atoms with Crippen LogP contribution in [0.1, 0.15) is 21.1 Å². The van der Waals surface area contributed by atoms with Crippen LogP contribution in [-0.2, 0) is 10.0 Å². The Morgan fingerprint density at radius 1 is 1.38 bits per heavy atom. The van der Waals surface area contributed by atoms with E-state index in [1.807, 2.05) is 18.4 Å². The second kappa shape index (κ2) is 8.09. The van der Waals surface area contributed by atoms with E-state index in [0.29, 0.717) is 5.01 Å². The second-order valence-electron chi connectivity index (χ2n) is 5.38. The Labute approximate surface area is 155 Å². The van der Waals surface area contributed by atoms with E-state index in [0.717, 1.165) is 10.00 Å². The zero-order chi connectivity index (χ0) is 19.3. The number of carbonyl (C=O) groups is 1. The fourth-order valence-electron chi connectivity index (χ4n) is 1.87. The van der Waals surface area contributed by atoms with Crippen molar-refractivity contribution in [3.05, 3.63) is 52.1 Å². The van der Waals surface area contributed by atoms with Gasteiger partial charge in [-0.3, -0.25) is 10.2 Å². The zero-order valence-corrected chi connectivity index (χ0v) is 16.0. The molecular formula is C16H17N5O3S2. The van der Waals surface area contributed by atoms with Crippen LogP contribution in [0.5, 0.6) is 0 Å². The van der Waals surface area contributed by atoms with E-state index in [4.69, 9.17) is 0 Å². The minimum Gasteiger partial charge on any atom is -0.304 e. The van der Waals surface area contributed by atoms with E-state index in [2.05, 4.69) is 15.8 Å². The van der Waals surface area contributed by atoms with Crippen LogP contribution >= 0.6 is 11.3 Å². The molecular weight excluding hydrogens is 374 g/mol. The predicted molar refractivity (Wildman–Crippen MR) is 98.4 cm³/mol. The van der Waals surface area contributed by atoms with Gasteiger partial charge in [-0.05, 0) is 25.1 Å². The average molecular weight is 391 g/mol. The fraction of sp³-hybridized carbons (Fsp3) is 0.188. The summed E-state index contributed by atoms with van der Waals surface area (Å²) in [5.74, 6) is -0.537. The van der Waals surface area contributed by atoms with Gasteiger partial charge in [-0.2, -0.15) is 5.26 Å². The van der Waals surface area contributed by atoms with Crippen molar-refractivity contribution >= 4 is 32.8 Å². The van der Waals surface area contributed by atoms with Crippen LogP contribution < -0.4 is 10.9 Å². The van der Waals surface area contributed by atoms with Crippen LogP contribution in [0.4, 0.5) is 0 Å². The summed E-state index contributed by atoms with van der Waals surface area (Å²) in [5, 5.41) is 11.5. The van der Waals surface area contributed by atoms with Gasteiger partial charge in [-0.15, -0.1) is 11.3 Å². The van der Waals surface area contributed by atoms with Crippen molar-refractivity contribution in [2.24, 2.45) is 0 Å². The van der Waals surface area contributed by atoms with E-state index in [9.17, 15) is 18.5 Å². The molecule has 0 aliphatic carbocycles. The van der Waals surface area contributed by atoms with Crippen LogP contribution in [0.15, 0.2) is 40.7 Å². The van der Waals surface area contributed by atoms with Crippen molar-refractivity contribution in [1.82, 2.24) is 20.1 Å². The Morgan fingerprint density at radius 2 is 2.12 bits per heavy atom. The number of allylic oxidation sites excluding steroid dienone is 1. The molecule has 0 bridgehead atoms. The number of hydrazine groups is 1. The van der Waals surface area contributed by atoms with E-state index >= 15 is 0 Å². The molecule has 2 rings (SSSR count). The molecule has 0 fully saturated rings. The number of benzene rings is 1. The van der Waals surface area contributed by atoms with Gasteiger partial charge < -0.3 is 5.43 Å². The highest BCUT2D eigenvalue weighted by Crippen LogP contribution is 2.17. The minimum absolute atomic E-state index is 0.0154. The number of aryl methyl sites for hydroxylation is 1. The van der Waals surface area contributed by atoms with Gasteiger partial charge in [-0.1, -0.05) is 6.07 Å². The molecule has 0 aliphatic heterocycles. The van der Waals surface area contributed by atoms with Crippen molar-refractivity contribution in [3.8, 4) is 6.07 Å². The summed E-state index contributed by atoms with van der Waals surface area (Å²) in [6.45, 7) is 1.82. The molecule has 1 amide bonds. The van der Waals surface area contributed by atoms with Crippen LogP contribution in [0.3, 0.4) is 0 Å². The number of hydrogen-bond acceptors (Lipinski definition) is 7. The Balaban J connectivity index is 2.11. The number of nitriles is 1. The molecule has 0 radical (unpaired) electrons. The van der Waals surface area contributed by atoms with E-state index in [-0.39, 0.29) is 16.0 Å². The third-order valence-corrected chi connectivity index (χ3v) is 6.05. The molecule has 0 saturated carbocycles. The first-order chi connectivity index (χ1) is 12.3. The first-order valence-corrected chi connectivity index (χ1v) is 9.69. The molecule has 0 unspecified atom stereocenters. The molecule has 1 aromatic heterocycles. The third-order valence-electron chi connectivity index (χ3n) is 3.25. The van der Waals surface area contributed by atoms with Crippen LogP contribution in [0.25, 0.3) is 5.57 Å². The summed E-state index contributed by atoms with van der Waals surface area (Å²) in [6, 6.07) is 7.67. The molecule has 0 aliphatic rings. The van der Waals surface area contributed by atoms with Gasteiger partial charge in [0, 0.05) is 36.9 Å². The van der Waals surface area contributed by atoms with E-state index in [1.54, 1.807) is 0 Å². The second-order valence-corrected chi connectivity index (χ2v) is 8.39. The van der Waals surface area contributed by atoms with Crippen molar-refractivity contribution < 1.29 is 13.2 Å². The molecule has 2 aromatic rings. The molecule has 0 spiro atoms. The number of amides is 1. The number of aromatic nitrogens is 1. The number of thiazole rings is 1. The first kappa shape index (κ1) is 19.6. The predicted octanol–water partition coefficient (Wildman–Crippen LogP) is 1.50. The number of carbonyl (C=O) groups excluding carboxylic acids is 1. The molecule has 26 heavy (non-hydrogen) atoms. The molecule has 2 N–H and O–H groups in total. The summed E-state index contributed by atoms with van der Waals surface area (Å²) >= 11 is 1.32. The van der Waals surface area contributed by atoms with Gasteiger partial charge in [0.15, 0.2) is 0 Å². The zero-order valence-electron chi connectivity index (χ0n) is 14.3. The lowest BCUT2D eigenvalue weighted by Crippen LogP contribution is -2.34. The summed E-state index contributed by atoms with van der Waals surface area (Å²) in [4.78, 5) is 16.4. The molecule has 136 valence electrons.